The number of hydrogen-bond donors (Lipinski definition) is 0. The van der Waals surface area contributed by atoms with Crippen LogP contribution < -0.4 is 4.74 Å². The van der Waals surface area contributed by atoms with Gasteiger partial charge in [0.15, 0.2) is 0 Å². The van der Waals surface area contributed by atoms with Gasteiger partial charge in [0.05, 0.1) is 19.7 Å². The van der Waals surface area contributed by atoms with Crippen molar-refractivity contribution in [1.82, 2.24) is 9.21 Å². The minimum absolute atomic E-state index is 0.150. The first-order valence-electron chi connectivity index (χ1n) is 9.01. The maximum absolute atomic E-state index is 13.1. The topological polar surface area (TPSA) is 76.2 Å². The van der Waals surface area contributed by atoms with Crippen molar-refractivity contribution in [3.8, 4) is 5.75 Å². The molecule has 1 aliphatic carbocycles. The van der Waals surface area contributed by atoms with Crippen LogP contribution in [-0.4, -0.2) is 69.0 Å². The number of para-hydroxylation sites is 1. The number of ether oxygens (including phenoxy) is 2. The third-order valence-corrected chi connectivity index (χ3v) is 7.24. The molecular weight excluding hydrogens is 356 g/mol. The molecule has 1 saturated carbocycles. The molecule has 26 heavy (non-hydrogen) atoms. The summed E-state index contributed by atoms with van der Waals surface area (Å²) < 4.78 is 39.0. The lowest BCUT2D eigenvalue weighted by atomic mass is 10.0. The van der Waals surface area contributed by atoms with E-state index in [0.717, 1.165) is 12.8 Å². The minimum Gasteiger partial charge on any atom is -0.483 e. The molecule has 8 heteroatoms. The van der Waals surface area contributed by atoms with E-state index in [1.807, 2.05) is 4.90 Å². The zero-order chi connectivity index (χ0) is 18.4. The van der Waals surface area contributed by atoms with E-state index in [0.29, 0.717) is 31.9 Å². The van der Waals surface area contributed by atoms with Crippen molar-refractivity contribution in [2.45, 2.75) is 29.8 Å². The van der Waals surface area contributed by atoms with Gasteiger partial charge in [-0.15, -0.1) is 0 Å². The quantitative estimate of drug-likeness (QED) is 0.782. The Kier molecular flexibility index (Phi) is 4.45. The molecule has 1 saturated heterocycles. The summed E-state index contributed by atoms with van der Waals surface area (Å²) >= 11 is 0. The van der Waals surface area contributed by atoms with Crippen molar-refractivity contribution in [1.29, 1.82) is 0 Å². The molecule has 2 aliphatic heterocycles. The molecule has 1 aromatic rings. The van der Waals surface area contributed by atoms with Gasteiger partial charge in [0.1, 0.15) is 16.2 Å². The molecule has 142 valence electrons. The average Bonchev–Trinajstić information content (AvgIpc) is 3.40. The fraction of sp³-hybridized carbons (Fsp3) is 0.611. The van der Waals surface area contributed by atoms with Crippen molar-refractivity contribution < 1.29 is 22.7 Å². The van der Waals surface area contributed by atoms with Gasteiger partial charge in [-0.05, 0) is 25.0 Å². The summed E-state index contributed by atoms with van der Waals surface area (Å²) in [7, 11) is -2.12. The van der Waals surface area contributed by atoms with Gasteiger partial charge < -0.3 is 14.4 Å². The lowest BCUT2D eigenvalue weighted by molar-refractivity contribution is -0.132. The van der Waals surface area contributed by atoms with Gasteiger partial charge in [-0.3, -0.25) is 4.79 Å². The number of likely N-dealkylation sites (tertiary alicyclic amines) is 1. The van der Waals surface area contributed by atoms with Gasteiger partial charge >= 0.3 is 0 Å². The summed E-state index contributed by atoms with van der Waals surface area (Å²) in [5.74, 6) is 0.694. The summed E-state index contributed by atoms with van der Waals surface area (Å²) in [5.41, 5.74) is -0.710. The zero-order valence-corrected chi connectivity index (χ0v) is 15.7. The van der Waals surface area contributed by atoms with Gasteiger partial charge in [-0.2, -0.15) is 4.31 Å². The first kappa shape index (κ1) is 17.8. The van der Waals surface area contributed by atoms with E-state index in [2.05, 4.69) is 0 Å². The summed E-state index contributed by atoms with van der Waals surface area (Å²) in [5, 5.41) is 0. The van der Waals surface area contributed by atoms with Crippen molar-refractivity contribution in [3.05, 3.63) is 24.3 Å². The molecule has 0 N–H and O–H groups in total. The van der Waals surface area contributed by atoms with Crippen LogP contribution >= 0.6 is 0 Å². The highest BCUT2D eigenvalue weighted by atomic mass is 32.2. The average molecular weight is 380 g/mol. The summed E-state index contributed by atoms with van der Waals surface area (Å²) in [6.07, 6.45) is 2.54. The number of nitrogens with zero attached hydrogens (tertiary/aromatic N) is 2. The summed E-state index contributed by atoms with van der Waals surface area (Å²) in [4.78, 5) is 14.5. The van der Waals surface area contributed by atoms with E-state index < -0.39 is 15.6 Å². The van der Waals surface area contributed by atoms with Crippen LogP contribution in [0.4, 0.5) is 0 Å². The van der Waals surface area contributed by atoms with Gasteiger partial charge in [0, 0.05) is 32.5 Å². The number of methoxy groups -OCH3 is 1. The van der Waals surface area contributed by atoms with Gasteiger partial charge in [0.25, 0.3) is 0 Å². The Balaban J connectivity index is 1.67. The molecule has 0 radical (unpaired) electrons. The van der Waals surface area contributed by atoms with Crippen molar-refractivity contribution in [2.75, 3.05) is 39.9 Å². The van der Waals surface area contributed by atoms with Gasteiger partial charge in [0.2, 0.25) is 15.9 Å². The fourth-order valence-corrected chi connectivity index (χ4v) is 5.40. The number of carbonyl (C=O) groups excluding carboxylic acids is 1. The Bertz CT molecular complexity index is 808. The van der Waals surface area contributed by atoms with Gasteiger partial charge in [-0.1, -0.05) is 12.1 Å². The molecule has 1 unspecified atom stereocenters. The van der Waals surface area contributed by atoms with Crippen LogP contribution in [0.3, 0.4) is 0 Å². The molecule has 1 spiro atoms. The number of rotatable bonds is 4. The van der Waals surface area contributed by atoms with Crippen molar-refractivity contribution >= 4 is 15.9 Å². The summed E-state index contributed by atoms with van der Waals surface area (Å²) in [6, 6.07) is 6.74. The van der Waals surface area contributed by atoms with Crippen LogP contribution in [0.2, 0.25) is 0 Å². The maximum Gasteiger partial charge on any atom is 0.246 e. The van der Waals surface area contributed by atoms with Crippen LogP contribution in [0.1, 0.15) is 19.3 Å². The lowest BCUT2D eigenvalue weighted by Gasteiger charge is -2.31. The first-order valence-corrected chi connectivity index (χ1v) is 10.5. The Morgan fingerprint density at radius 3 is 2.81 bits per heavy atom. The molecule has 0 bridgehead atoms. The van der Waals surface area contributed by atoms with Crippen LogP contribution in [0.25, 0.3) is 0 Å². The molecule has 3 aliphatic rings. The van der Waals surface area contributed by atoms with Crippen LogP contribution in [-0.2, 0) is 19.6 Å². The Hall–Kier alpha value is -1.64. The number of sulfonamides is 1. The Morgan fingerprint density at radius 1 is 1.31 bits per heavy atom. The van der Waals surface area contributed by atoms with E-state index >= 15 is 0 Å². The van der Waals surface area contributed by atoms with E-state index in [-0.39, 0.29) is 29.8 Å². The molecule has 7 nitrogen and oxygen atoms in total. The molecule has 1 atom stereocenters. The zero-order valence-electron chi connectivity index (χ0n) is 14.9. The summed E-state index contributed by atoms with van der Waals surface area (Å²) in [6.45, 7) is 1.82. The fourth-order valence-electron chi connectivity index (χ4n) is 3.78. The smallest absolute Gasteiger partial charge is 0.246 e. The lowest BCUT2D eigenvalue weighted by Crippen LogP contribution is -2.50. The highest BCUT2D eigenvalue weighted by Gasteiger charge is 2.50. The van der Waals surface area contributed by atoms with Crippen LogP contribution in [0.15, 0.2) is 29.2 Å². The number of hydrogen-bond acceptors (Lipinski definition) is 5. The Labute approximate surface area is 153 Å². The second-order valence-corrected chi connectivity index (χ2v) is 9.25. The molecule has 1 amide bonds. The molecule has 0 aromatic heterocycles. The Morgan fingerprint density at radius 2 is 2.08 bits per heavy atom. The van der Waals surface area contributed by atoms with E-state index in [4.69, 9.17) is 9.47 Å². The molecule has 4 rings (SSSR count). The van der Waals surface area contributed by atoms with E-state index in [1.165, 1.54) is 4.31 Å². The highest BCUT2D eigenvalue weighted by Crippen LogP contribution is 2.40. The molecule has 1 aromatic carbocycles. The predicted octanol–water partition coefficient (Wildman–Crippen LogP) is 1.10. The molecule has 2 heterocycles. The maximum atomic E-state index is 13.1. The number of amides is 1. The van der Waals surface area contributed by atoms with Crippen molar-refractivity contribution in [2.24, 2.45) is 5.92 Å². The monoisotopic (exact) mass is 380 g/mol. The number of carbonyl (C=O) groups is 1. The third-order valence-electron chi connectivity index (χ3n) is 5.36. The third kappa shape index (κ3) is 3.10. The van der Waals surface area contributed by atoms with Crippen LogP contribution in [0.5, 0.6) is 5.75 Å². The molecular formula is C18H24N2O5S. The predicted molar refractivity (Wildman–Crippen MR) is 94.4 cm³/mol. The number of benzene rings is 1. The van der Waals surface area contributed by atoms with Gasteiger partial charge in [-0.25, -0.2) is 8.42 Å². The second kappa shape index (κ2) is 6.51. The van der Waals surface area contributed by atoms with E-state index in [1.54, 1.807) is 31.4 Å². The standard InChI is InChI=1S/C18H24N2O5S/c1-24-11-10-20-13-18(8-9-19(12-18)17(21)14-6-7-14)25-15-4-2-3-5-16(15)26(20,22)23/h2-5,14H,6-13H2,1H3. The second-order valence-electron chi connectivity index (χ2n) is 7.35. The SMILES string of the molecule is COCCN1CC2(CCN(C(=O)C3CC3)C2)Oc2ccccc2S1(=O)=O. The largest absolute Gasteiger partial charge is 0.483 e. The normalized spacial score (nSPS) is 27.8. The molecule has 2 fully saturated rings. The minimum atomic E-state index is -3.67. The van der Waals surface area contributed by atoms with Crippen LogP contribution in [0, 0.1) is 5.92 Å². The first-order chi connectivity index (χ1) is 12.5. The van der Waals surface area contributed by atoms with E-state index in [9.17, 15) is 13.2 Å². The van der Waals surface area contributed by atoms with Crippen molar-refractivity contribution in [3.63, 3.8) is 0 Å². The number of fused-ring (bicyclic) bond motifs is 1. The highest BCUT2D eigenvalue weighted by molar-refractivity contribution is 7.89.